The van der Waals surface area contributed by atoms with Gasteiger partial charge < -0.3 is 20.1 Å². The molecule has 26 heavy (non-hydrogen) atoms. The normalized spacial score (nSPS) is 11.2. The van der Waals surface area contributed by atoms with Crippen molar-refractivity contribution in [2.75, 3.05) is 26.3 Å². The lowest BCUT2D eigenvalue weighted by Crippen LogP contribution is -2.30. The Kier molecular flexibility index (Phi) is 16.5. The highest BCUT2D eigenvalue weighted by molar-refractivity contribution is 5.69. The molecule has 0 spiro atoms. The van der Waals surface area contributed by atoms with Crippen molar-refractivity contribution >= 4 is 11.9 Å². The van der Waals surface area contributed by atoms with Crippen LogP contribution in [0.1, 0.15) is 79.1 Å². The molecular weight excluding hydrogens is 332 g/mol. The molecule has 0 saturated heterocycles. The van der Waals surface area contributed by atoms with Gasteiger partial charge in [-0.2, -0.15) is 0 Å². The van der Waals surface area contributed by atoms with Crippen LogP contribution in [0, 0.1) is 0 Å². The quantitative estimate of drug-likeness (QED) is 0.302. The van der Waals surface area contributed by atoms with E-state index in [-0.39, 0.29) is 11.9 Å². The second kappa shape index (κ2) is 17.3. The molecule has 0 amide bonds. The lowest BCUT2D eigenvalue weighted by Gasteiger charge is -2.14. The summed E-state index contributed by atoms with van der Waals surface area (Å²) in [6.45, 7) is 10.6. The summed E-state index contributed by atoms with van der Waals surface area (Å²) in [4.78, 5) is 23.2. The molecule has 0 rings (SSSR count). The molecule has 6 nitrogen and oxygen atoms in total. The Morgan fingerprint density at radius 1 is 0.692 bits per heavy atom. The average Bonchev–Trinajstić information content (AvgIpc) is 2.65. The maximum Gasteiger partial charge on any atom is 0.307 e. The first-order valence-corrected chi connectivity index (χ1v) is 10.3. The smallest absolute Gasteiger partial charge is 0.307 e. The SMILES string of the molecule is CCC(CC)NCCC(=O)OCCCCOC(=O)CCNC(CC)CC. The summed E-state index contributed by atoms with van der Waals surface area (Å²) < 4.78 is 10.4. The van der Waals surface area contributed by atoms with Crippen LogP contribution in [-0.2, 0) is 19.1 Å². The van der Waals surface area contributed by atoms with Crippen LogP contribution in [0.5, 0.6) is 0 Å². The lowest BCUT2D eigenvalue weighted by atomic mass is 10.2. The zero-order valence-electron chi connectivity index (χ0n) is 17.3. The summed E-state index contributed by atoms with van der Waals surface area (Å²) in [5, 5.41) is 6.68. The molecule has 0 aliphatic heterocycles. The number of carbonyl (C=O) groups excluding carboxylic acids is 2. The topological polar surface area (TPSA) is 76.7 Å². The fourth-order valence-electron chi connectivity index (χ4n) is 2.63. The van der Waals surface area contributed by atoms with Gasteiger partial charge in [0.1, 0.15) is 0 Å². The Hall–Kier alpha value is -1.14. The minimum atomic E-state index is -0.173. The number of ether oxygens (including phenoxy) is 2. The molecule has 0 atom stereocenters. The second-order valence-corrected chi connectivity index (χ2v) is 6.58. The zero-order valence-corrected chi connectivity index (χ0v) is 17.3. The maximum absolute atomic E-state index is 11.6. The van der Waals surface area contributed by atoms with E-state index in [1.54, 1.807) is 0 Å². The van der Waals surface area contributed by atoms with Crippen LogP contribution in [0.2, 0.25) is 0 Å². The van der Waals surface area contributed by atoms with Gasteiger partial charge in [0.2, 0.25) is 0 Å². The molecule has 0 aromatic rings. The van der Waals surface area contributed by atoms with Crippen molar-refractivity contribution in [3.8, 4) is 0 Å². The van der Waals surface area contributed by atoms with E-state index in [1.165, 1.54) is 0 Å². The van der Waals surface area contributed by atoms with Crippen LogP contribution < -0.4 is 10.6 Å². The van der Waals surface area contributed by atoms with Crippen molar-refractivity contribution in [1.82, 2.24) is 10.6 Å². The summed E-state index contributed by atoms with van der Waals surface area (Å²) in [6, 6.07) is 0.949. The molecule has 0 saturated carbocycles. The van der Waals surface area contributed by atoms with Gasteiger partial charge in [-0.15, -0.1) is 0 Å². The number of nitrogens with one attached hydrogen (secondary N) is 2. The molecule has 0 fully saturated rings. The van der Waals surface area contributed by atoms with Crippen LogP contribution in [0.15, 0.2) is 0 Å². The van der Waals surface area contributed by atoms with Gasteiger partial charge in [0.15, 0.2) is 0 Å². The average molecular weight is 373 g/mol. The van der Waals surface area contributed by atoms with Gasteiger partial charge >= 0.3 is 11.9 Å². The Bertz CT molecular complexity index is 322. The standard InChI is InChI=1S/C20H40N2O4/c1-5-17(6-2)21-13-11-19(23)25-15-9-10-16-26-20(24)12-14-22-18(7-3)8-4/h17-18,21-22H,5-16H2,1-4H3. The predicted molar refractivity (Wildman–Crippen MR) is 105 cm³/mol. The number of hydrogen-bond acceptors (Lipinski definition) is 6. The van der Waals surface area contributed by atoms with E-state index in [4.69, 9.17) is 9.47 Å². The van der Waals surface area contributed by atoms with Crippen LogP contribution in [0.4, 0.5) is 0 Å². The zero-order chi connectivity index (χ0) is 19.6. The molecule has 0 aromatic heterocycles. The number of carbonyl (C=O) groups is 2. The van der Waals surface area contributed by atoms with Crippen molar-refractivity contribution in [3.63, 3.8) is 0 Å². The Morgan fingerprint density at radius 2 is 1.04 bits per heavy atom. The Labute approximate surface area is 159 Å². The highest BCUT2D eigenvalue weighted by Gasteiger charge is 2.07. The van der Waals surface area contributed by atoms with Gasteiger partial charge in [-0.3, -0.25) is 9.59 Å². The van der Waals surface area contributed by atoms with E-state index >= 15 is 0 Å². The minimum absolute atomic E-state index is 0.173. The van der Waals surface area contributed by atoms with Gasteiger partial charge in [-0.1, -0.05) is 27.7 Å². The molecule has 0 unspecified atom stereocenters. The van der Waals surface area contributed by atoms with E-state index < -0.39 is 0 Å². The van der Waals surface area contributed by atoms with Crippen LogP contribution >= 0.6 is 0 Å². The predicted octanol–water partition coefficient (Wildman–Crippen LogP) is 3.19. The van der Waals surface area contributed by atoms with E-state index in [0.29, 0.717) is 64.1 Å². The van der Waals surface area contributed by atoms with Crippen molar-refractivity contribution in [1.29, 1.82) is 0 Å². The van der Waals surface area contributed by atoms with Crippen molar-refractivity contribution in [2.45, 2.75) is 91.1 Å². The Balaban J connectivity index is 3.49. The Morgan fingerprint density at radius 3 is 1.35 bits per heavy atom. The van der Waals surface area contributed by atoms with Crippen LogP contribution in [-0.4, -0.2) is 50.3 Å². The van der Waals surface area contributed by atoms with E-state index in [1.807, 2.05) is 0 Å². The monoisotopic (exact) mass is 372 g/mol. The molecule has 0 radical (unpaired) electrons. The summed E-state index contributed by atoms with van der Waals surface area (Å²) >= 11 is 0. The largest absolute Gasteiger partial charge is 0.466 e. The molecule has 0 bridgehead atoms. The van der Waals surface area contributed by atoms with Gasteiger partial charge in [0.05, 0.1) is 26.1 Å². The molecule has 6 heteroatoms. The summed E-state index contributed by atoms with van der Waals surface area (Å²) in [7, 11) is 0. The summed E-state index contributed by atoms with van der Waals surface area (Å²) in [5.41, 5.74) is 0. The highest BCUT2D eigenvalue weighted by atomic mass is 16.5. The van der Waals surface area contributed by atoms with E-state index in [9.17, 15) is 9.59 Å². The fourth-order valence-corrected chi connectivity index (χ4v) is 2.63. The summed E-state index contributed by atoms with van der Waals surface area (Å²) in [5.74, 6) is -0.346. The third-order valence-corrected chi connectivity index (χ3v) is 4.56. The molecule has 0 aliphatic carbocycles. The first-order chi connectivity index (χ1) is 12.6. The lowest BCUT2D eigenvalue weighted by molar-refractivity contribution is -0.146. The maximum atomic E-state index is 11.6. The van der Waals surface area contributed by atoms with Crippen molar-refractivity contribution in [3.05, 3.63) is 0 Å². The van der Waals surface area contributed by atoms with Crippen LogP contribution in [0.3, 0.4) is 0 Å². The van der Waals surface area contributed by atoms with E-state index in [0.717, 1.165) is 25.7 Å². The van der Waals surface area contributed by atoms with Gasteiger partial charge in [-0.05, 0) is 38.5 Å². The minimum Gasteiger partial charge on any atom is -0.466 e. The van der Waals surface area contributed by atoms with Crippen molar-refractivity contribution in [2.24, 2.45) is 0 Å². The van der Waals surface area contributed by atoms with Crippen molar-refractivity contribution < 1.29 is 19.1 Å². The highest BCUT2D eigenvalue weighted by Crippen LogP contribution is 1.99. The number of esters is 2. The molecule has 0 aromatic carbocycles. The van der Waals surface area contributed by atoms with Crippen LogP contribution in [0.25, 0.3) is 0 Å². The second-order valence-electron chi connectivity index (χ2n) is 6.58. The first-order valence-electron chi connectivity index (χ1n) is 10.3. The third-order valence-electron chi connectivity index (χ3n) is 4.56. The molecule has 154 valence electrons. The van der Waals surface area contributed by atoms with Gasteiger partial charge in [-0.25, -0.2) is 0 Å². The number of unbranched alkanes of at least 4 members (excludes halogenated alkanes) is 1. The summed E-state index contributed by atoms with van der Waals surface area (Å²) in [6.07, 6.45) is 6.49. The van der Waals surface area contributed by atoms with Gasteiger partial charge in [0.25, 0.3) is 0 Å². The van der Waals surface area contributed by atoms with Gasteiger partial charge in [0, 0.05) is 25.2 Å². The number of hydrogen-bond donors (Lipinski definition) is 2. The third kappa shape index (κ3) is 14.1. The molecule has 2 N–H and O–H groups in total. The molecule has 0 aliphatic rings. The first kappa shape index (κ1) is 24.9. The van der Waals surface area contributed by atoms with E-state index in [2.05, 4.69) is 38.3 Å². The molecular formula is C20H40N2O4. The fraction of sp³-hybridized carbons (Fsp3) is 0.900. The molecule has 0 heterocycles. The number of rotatable bonds is 17.